The third kappa shape index (κ3) is 2.09. The number of ether oxygens (including phenoxy) is 1. The van der Waals surface area contributed by atoms with Gasteiger partial charge in [0.15, 0.2) is 5.05 Å². The minimum Gasteiger partial charge on any atom is -0.481 e. The number of fused-ring (bicyclic) bond motifs is 2. The lowest BCUT2D eigenvalue weighted by molar-refractivity contribution is 0.0625. The van der Waals surface area contributed by atoms with Crippen LogP contribution >= 0.6 is 12.2 Å². The normalized spacial score (nSPS) is 37.1. The summed E-state index contributed by atoms with van der Waals surface area (Å²) in [5.74, 6) is 0.879. The van der Waals surface area contributed by atoms with Crippen LogP contribution in [-0.4, -0.2) is 21.9 Å². The summed E-state index contributed by atoms with van der Waals surface area (Å²) in [6, 6.07) is 0. The van der Waals surface area contributed by atoms with Gasteiger partial charge in [0.05, 0.1) is 6.10 Å². The van der Waals surface area contributed by atoms with Crippen LogP contribution < -0.4 is 0 Å². The lowest BCUT2D eigenvalue weighted by Gasteiger charge is -2.28. The highest BCUT2D eigenvalue weighted by Gasteiger charge is 2.47. The molecule has 1 unspecified atom stereocenters. The van der Waals surface area contributed by atoms with Crippen LogP contribution in [0.3, 0.4) is 0 Å². The molecule has 2 nitrogen and oxygen atoms in total. The maximum absolute atomic E-state index is 9.20. The second kappa shape index (κ2) is 3.78. The molecule has 2 rings (SSSR count). The zero-order valence-corrected chi connectivity index (χ0v) is 9.48. The molecule has 2 aliphatic carbocycles. The zero-order valence-electron chi connectivity index (χ0n) is 8.66. The SMILES string of the molecule is CC(O)CC(=S)OC12CCC(CC1)C2. The molecule has 0 aromatic carbocycles. The Balaban J connectivity index is 1.87. The molecule has 2 bridgehead atoms. The molecule has 0 saturated heterocycles. The third-order valence-corrected chi connectivity index (χ3v) is 3.72. The second-order valence-electron chi connectivity index (χ2n) is 4.86. The van der Waals surface area contributed by atoms with E-state index in [9.17, 15) is 5.11 Å². The highest BCUT2D eigenvalue weighted by Crippen LogP contribution is 2.50. The van der Waals surface area contributed by atoms with Crippen molar-refractivity contribution in [3.05, 3.63) is 0 Å². The Morgan fingerprint density at radius 1 is 1.57 bits per heavy atom. The van der Waals surface area contributed by atoms with Crippen molar-refractivity contribution in [2.24, 2.45) is 5.92 Å². The highest BCUT2D eigenvalue weighted by atomic mass is 32.1. The lowest BCUT2D eigenvalue weighted by atomic mass is 9.97. The van der Waals surface area contributed by atoms with Crippen molar-refractivity contribution in [2.45, 2.75) is 57.2 Å². The van der Waals surface area contributed by atoms with E-state index in [0.29, 0.717) is 11.5 Å². The average molecular weight is 214 g/mol. The molecule has 1 N–H and O–H groups in total. The van der Waals surface area contributed by atoms with Crippen LogP contribution in [0, 0.1) is 5.92 Å². The van der Waals surface area contributed by atoms with Crippen molar-refractivity contribution in [1.82, 2.24) is 0 Å². The predicted octanol–water partition coefficient (Wildman–Crippen LogP) is 2.43. The Kier molecular flexibility index (Phi) is 2.80. The summed E-state index contributed by atoms with van der Waals surface area (Å²) in [7, 11) is 0. The first-order valence-corrected chi connectivity index (χ1v) is 5.90. The molecule has 0 aliphatic heterocycles. The van der Waals surface area contributed by atoms with Crippen LogP contribution in [0.25, 0.3) is 0 Å². The van der Waals surface area contributed by atoms with Crippen LogP contribution in [-0.2, 0) is 4.74 Å². The van der Waals surface area contributed by atoms with E-state index >= 15 is 0 Å². The van der Waals surface area contributed by atoms with E-state index in [1.807, 2.05) is 0 Å². The third-order valence-electron chi connectivity index (χ3n) is 3.47. The Morgan fingerprint density at radius 3 is 2.64 bits per heavy atom. The van der Waals surface area contributed by atoms with Gasteiger partial charge in [-0.2, -0.15) is 0 Å². The smallest absolute Gasteiger partial charge is 0.163 e. The number of aliphatic hydroxyl groups excluding tert-OH is 1. The van der Waals surface area contributed by atoms with Crippen LogP contribution in [0.15, 0.2) is 0 Å². The molecule has 0 radical (unpaired) electrons. The van der Waals surface area contributed by atoms with Gasteiger partial charge in [0.25, 0.3) is 0 Å². The first-order valence-electron chi connectivity index (χ1n) is 5.50. The average Bonchev–Trinajstić information content (AvgIpc) is 2.60. The standard InChI is InChI=1S/C11H18O2S/c1-8(12)6-10(14)13-11-4-2-9(7-11)3-5-11/h8-9,12H,2-7H2,1H3. The summed E-state index contributed by atoms with van der Waals surface area (Å²) in [6.07, 6.45) is 6.25. The van der Waals surface area contributed by atoms with E-state index in [1.54, 1.807) is 6.92 Å². The molecule has 0 amide bonds. The molecule has 0 aromatic rings. The number of aliphatic hydroxyl groups is 1. The fraction of sp³-hybridized carbons (Fsp3) is 0.909. The fourth-order valence-corrected chi connectivity index (χ4v) is 3.22. The number of rotatable bonds is 3. The van der Waals surface area contributed by atoms with Crippen molar-refractivity contribution < 1.29 is 9.84 Å². The fourth-order valence-electron chi connectivity index (χ4n) is 2.81. The minimum absolute atomic E-state index is 0.0661. The van der Waals surface area contributed by atoms with Crippen molar-refractivity contribution in [3.8, 4) is 0 Å². The van der Waals surface area contributed by atoms with Crippen LogP contribution in [0.1, 0.15) is 45.4 Å². The molecule has 3 heteroatoms. The van der Waals surface area contributed by atoms with Crippen LogP contribution in [0.2, 0.25) is 0 Å². The van der Waals surface area contributed by atoms with Crippen molar-refractivity contribution >= 4 is 17.3 Å². The molecule has 0 spiro atoms. The summed E-state index contributed by atoms with van der Waals surface area (Å²) in [6.45, 7) is 1.75. The minimum atomic E-state index is -0.377. The van der Waals surface area contributed by atoms with Gasteiger partial charge in [0.1, 0.15) is 5.60 Å². The largest absolute Gasteiger partial charge is 0.481 e. The first-order chi connectivity index (χ1) is 6.60. The van der Waals surface area contributed by atoms with Gasteiger partial charge in [0.2, 0.25) is 0 Å². The van der Waals surface area contributed by atoms with Crippen molar-refractivity contribution in [3.63, 3.8) is 0 Å². The Bertz CT molecular complexity index is 229. The molecule has 2 fully saturated rings. The van der Waals surface area contributed by atoms with E-state index in [4.69, 9.17) is 17.0 Å². The summed E-state index contributed by atoms with van der Waals surface area (Å²) in [5, 5.41) is 9.80. The maximum atomic E-state index is 9.20. The number of hydrogen-bond acceptors (Lipinski definition) is 3. The predicted molar refractivity (Wildman–Crippen MR) is 59.3 cm³/mol. The molecule has 0 heterocycles. The van der Waals surface area contributed by atoms with Gasteiger partial charge in [0, 0.05) is 6.42 Å². The highest BCUT2D eigenvalue weighted by molar-refractivity contribution is 7.80. The molecule has 0 aromatic heterocycles. The monoisotopic (exact) mass is 214 g/mol. The van der Waals surface area contributed by atoms with Gasteiger partial charge in [-0.3, -0.25) is 0 Å². The van der Waals surface area contributed by atoms with E-state index in [-0.39, 0.29) is 11.7 Å². The number of thiocarbonyl (C=S) groups is 1. The van der Waals surface area contributed by atoms with E-state index in [0.717, 1.165) is 18.8 Å². The van der Waals surface area contributed by atoms with E-state index < -0.39 is 0 Å². The van der Waals surface area contributed by atoms with E-state index in [2.05, 4.69) is 0 Å². The maximum Gasteiger partial charge on any atom is 0.163 e. The van der Waals surface area contributed by atoms with Gasteiger partial charge in [-0.25, -0.2) is 0 Å². The Hall–Kier alpha value is -0.150. The van der Waals surface area contributed by atoms with Gasteiger partial charge in [-0.05, 0) is 57.2 Å². The van der Waals surface area contributed by atoms with Gasteiger partial charge >= 0.3 is 0 Å². The van der Waals surface area contributed by atoms with Crippen molar-refractivity contribution in [2.75, 3.05) is 0 Å². The summed E-state index contributed by atoms with van der Waals surface area (Å²) >= 11 is 5.14. The van der Waals surface area contributed by atoms with Crippen LogP contribution in [0.5, 0.6) is 0 Å². The first kappa shape index (κ1) is 10.4. The second-order valence-corrected chi connectivity index (χ2v) is 5.31. The summed E-state index contributed by atoms with van der Waals surface area (Å²) < 4.78 is 5.87. The molecular weight excluding hydrogens is 196 g/mol. The van der Waals surface area contributed by atoms with Gasteiger partial charge in [-0.15, -0.1) is 0 Å². The van der Waals surface area contributed by atoms with Gasteiger partial charge < -0.3 is 9.84 Å². The number of hydrogen-bond donors (Lipinski definition) is 1. The molecule has 1 atom stereocenters. The zero-order chi connectivity index (χ0) is 10.2. The van der Waals surface area contributed by atoms with Crippen molar-refractivity contribution in [1.29, 1.82) is 0 Å². The lowest BCUT2D eigenvalue weighted by Crippen LogP contribution is -2.30. The Morgan fingerprint density at radius 2 is 2.21 bits per heavy atom. The molecule has 14 heavy (non-hydrogen) atoms. The Labute approximate surface area is 90.6 Å². The molecular formula is C11H18O2S. The molecule has 2 aliphatic rings. The summed E-state index contributed by atoms with van der Waals surface area (Å²) in [5.41, 5.74) is 0.0661. The molecule has 2 saturated carbocycles. The van der Waals surface area contributed by atoms with E-state index in [1.165, 1.54) is 19.3 Å². The van der Waals surface area contributed by atoms with Crippen LogP contribution in [0.4, 0.5) is 0 Å². The quantitative estimate of drug-likeness (QED) is 0.732. The molecule has 80 valence electrons. The summed E-state index contributed by atoms with van der Waals surface area (Å²) in [4.78, 5) is 0. The van der Waals surface area contributed by atoms with Gasteiger partial charge in [-0.1, -0.05) is 0 Å². The topological polar surface area (TPSA) is 29.5 Å².